The van der Waals surface area contributed by atoms with Crippen LogP contribution >= 0.6 is 27.5 Å². The average Bonchev–Trinajstić information content (AvgIpc) is 2.39. The molecule has 1 heterocycles. The smallest absolute Gasteiger partial charge is 0.137 e. The van der Waals surface area contributed by atoms with Gasteiger partial charge in [0, 0.05) is 10.9 Å². The van der Waals surface area contributed by atoms with Crippen LogP contribution in [0.5, 0.6) is 5.75 Å². The number of ether oxygens (including phenoxy) is 1. The molecule has 0 bridgehead atoms. The summed E-state index contributed by atoms with van der Waals surface area (Å²) in [6.07, 6.45) is 3.83. The van der Waals surface area contributed by atoms with E-state index in [0.29, 0.717) is 5.02 Å². The van der Waals surface area contributed by atoms with Crippen LogP contribution in [-0.2, 0) is 0 Å². The van der Waals surface area contributed by atoms with E-state index in [1.54, 1.807) is 4.90 Å². The Morgan fingerprint density at radius 2 is 2.11 bits per heavy atom. The van der Waals surface area contributed by atoms with Gasteiger partial charge in [-0.1, -0.05) is 34.5 Å². The van der Waals surface area contributed by atoms with Gasteiger partial charge in [-0.25, -0.2) is 0 Å². The van der Waals surface area contributed by atoms with Crippen molar-refractivity contribution in [1.29, 1.82) is 0 Å². The minimum absolute atomic E-state index is 0.675. The van der Waals surface area contributed by atoms with Gasteiger partial charge in [0.15, 0.2) is 0 Å². The summed E-state index contributed by atoms with van der Waals surface area (Å²) in [5.74, 6) is 1.70. The van der Waals surface area contributed by atoms with Gasteiger partial charge in [-0.2, -0.15) is 0 Å². The molecule has 2 rings (SSSR count). The highest BCUT2D eigenvalue weighted by Crippen LogP contribution is 2.27. The summed E-state index contributed by atoms with van der Waals surface area (Å²) >= 11 is 9.50. The van der Waals surface area contributed by atoms with E-state index in [0.717, 1.165) is 29.2 Å². The van der Waals surface area contributed by atoms with E-state index in [-0.39, 0.29) is 0 Å². The molecular weight excluding hydrogens is 326 g/mol. The molecule has 19 heavy (non-hydrogen) atoms. The van der Waals surface area contributed by atoms with Crippen molar-refractivity contribution in [1.82, 2.24) is 0 Å². The first-order chi connectivity index (χ1) is 9.15. The second-order valence-electron chi connectivity index (χ2n) is 5.46. The largest absolute Gasteiger partial charge is 0.492 e. The second kappa shape index (κ2) is 7.51. The second-order valence-corrected chi connectivity index (χ2v) is 6.78. The maximum Gasteiger partial charge on any atom is 0.137 e. The molecule has 1 aromatic rings. The van der Waals surface area contributed by atoms with Crippen LogP contribution in [0.25, 0.3) is 0 Å². The van der Waals surface area contributed by atoms with E-state index in [1.807, 2.05) is 18.2 Å². The molecule has 0 spiro atoms. The lowest BCUT2D eigenvalue weighted by Crippen LogP contribution is -3.13. The number of nitrogens with one attached hydrogen (secondary N) is 1. The Labute approximate surface area is 129 Å². The zero-order valence-electron chi connectivity index (χ0n) is 11.4. The quantitative estimate of drug-likeness (QED) is 0.808. The molecular formula is C15H22BrClNO+. The number of quaternary nitrogens is 1. The van der Waals surface area contributed by atoms with Crippen molar-refractivity contribution < 1.29 is 9.64 Å². The van der Waals surface area contributed by atoms with E-state index in [9.17, 15) is 0 Å². The van der Waals surface area contributed by atoms with Crippen molar-refractivity contribution in [2.75, 3.05) is 26.2 Å². The number of halogens is 2. The van der Waals surface area contributed by atoms with Gasteiger partial charge in [-0.3, -0.25) is 0 Å². The Kier molecular flexibility index (Phi) is 5.99. The molecule has 1 aliphatic heterocycles. The highest BCUT2D eigenvalue weighted by molar-refractivity contribution is 9.10. The number of piperidine rings is 1. The lowest BCUT2D eigenvalue weighted by Gasteiger charge is -2.27. The van der Waals surface area contributed by atoms with E-state index in [2.05, 4.69) is 22.9 Å². The van der Waals surface area contributed by atoms with Crippen LogP contribution in [0.15, 0.2) is 22.7 Å². The summed E-state index contributed by atoms with van der Waals surface area (Å²) in [5, 5.41) is 0.675. The zero-order valence-corrected chi connectivity index (χ0v) is 13.8. The van der Waals surface area contributed by atoms with Gasteiger partial charge in [-0.05, 0) is 37.0 Å². The highest BCUT2D eigenvalue weighted by atomic mass is 79.9. The molecule has 1 fully saturated rings. The van der Waals surface area contributed by atoms with Gasteiger partial charge >= 0.3 is 0 Å². The van der Waals surface area contributed by atoms with Gasteiger partial charge in [0.25, 0.3) is 0 Å². The Bertz CT molecular complexity index is 405. The van der Waals surface area contributed by atoms with Crippen molar-refractivity contribution in [3.63, 3.8) is 0 Å². The van der Waals surface area contributed by atoms with Crippen molar-refractivity contribution in [2.45, 2.75) is 26.2 Å². The normalized spacial score (nSPS) is 23.3. The van der Waals surface area contributed by atoms with Crippen LogP contribution in [0.4, 0.5) is 0 Å². The first-order valence-corrected chi connectivity index (χ1v) is 8.23. The molecule has 0 atom stereocenters. The monoisotopic (exact) mass is 346 g/mol. The van der Waals surface area contributed by atoms with Gasteiger partial charge in [-0.15, -0.1) is 0 Å². The summed E-state index contributed by atoms with van der Waals surface area (Å²) in [4.78, 5) is 1.73. The zero-order chi connectivity index (χ0) is 13.7. The first kappa shape index (κ1) is 15.1. The standard InChI is InChI=1S/C15H21BrClNO/c1-12-5-8-18(9-6-12)7-2-10-19-15-4-3-13(16)11-14(15)17/h3-4,11-12H,2,5-10H2,1H3/p+1. The molecule has 1 aromatic carbocycles. The predicted octanol–water partition coefficient (Wildman–Crippen LogP) is 3.19. The lowest BCUT2D eigenvalue weighted by atomic mass is 9.99. The third-order valence-corrected chi connectivity index (χ3v) is 4.60. The van der Waals surface area contributed by atoms with Crippen LogP contribution < -0.4 is 9.64 Å². The molecule has 1 aliphatic rings. The average molecular weight is 348 g/mol. The van der Waals surface area contributed by atoms with Gasteiger partial charge in [0.05, 0.1) is 31.3 Å². The number of rotatable bonds is 5. The fraction of sp³-hybridized carbons (Fsp3) is 0.600. The summed E-state index contributed by atoms with van der Waals surface area (Å²) in [6, 6.07) is 5.74. The molecule has 2 nitrogen and oxygen atoms in total. The highest BCUT2D eigenvalue weighted by Gasteiger charge is 2.18. The van der Waals surface area contributed by atoms with Crippen LogP contribution in [0, 0.1) is 5.92 Å². The molecule has 4 heteroatoms. The molecule has 0 radical (unpaired) electrons. The number of hydrogen-bond acceptors (Lipinski definition) is 1. The summed E-state index contributed by atoms with van der Waals surface area (Å²) < 4.78 is 6.72. The maximum absolute atomic E-state index is 6.11. The molecule has 0 saturated carbocycles. The molecule has 0 amide bonds. The van der Waals surface area contributed by atoms with Gasteiger partial charge in [0.2, 0.25) is 0 Å². The lowest BCUT2D eigenvalue weighted by molar-refractivity contribution is -0.906. The summed E-state index contributed by atoms with van der Waals surface area (Å²) in [5.41, 5.74) is 0. The molecule has 1 N–H and O–H groups in total. The third kappa shape index (κ3) is 4.97. The van der Waals surface area contributed by atoms with Crippen LogP contribution in [0.1, 0.15) is 26.2 Å². The van der Waals surface area contributed by atoms with Crippen molar-refractivity contribution in [3.8, 4) is 5.75 Å². The fourth-order valence-corrected chi connectivity index (χ4v) is 3.24. The number of likely N-dealkylation sites (tertiary alicyclic amines) is 1. The minimum atomic E-state index is 0.675. The summed E-state index contributed by atoms with van der Waals surface area (Å²) in [6.45, 7) is 6.96. The van der Waals surface area contributed by atoms with Gasteiger partial charge < -0.3 is 9.64 Å². The number of hydrogen-bond donors (Lipinski definition) is 1. The predicted molar refractivity (Wildman–Crippen MR) is 83.2 cm³/mol. The van der Waals surface area contributed by atoms with Crippen molar-refractivity contribution in [3.05, 3.63) is 27.7 Å². The van der Waals surface area contributed by atoms with E-state index < -0.39 is 0 Å². The summed E-state index contributed by atoms with van der Waals surface area (Å²) in [7, 11) is 0. The van der Waals surface area contributed by atoms with E-state index >= 15 is 0 Å². The molecule has 0 aliphatic carbocycles. The van der Waals surface area contributed by atoms with Gasteiger partial charge in [0.1, 0.15) is 5.75 Å². The maximum atomic E-state index is 6.11. The molecule has 0 unspecified atom stereocenters. The van der Waals surface area contributed by atoms with Crippen molar-refractivity contribution >= 4 is 27.5 Å². The Morgan fingerprint density at radius 3 is 2.79 bits per heavy atom. The van der Waals surface area contributed by atoms with Crippen LogP contribution in [-0.4, -0.2) is 26.2 Å². The van der Waals surface area contributed by atoms with Crippen LogP contribution in [0.3, 0.4) is 0 Å². The Hall–Kier alpha value is -0.250. The molecule has 0 aromatic heterocycles. The Morgan fingerprint density at radius 1 is 1.37 bits per heavy atom. The molecule has 106 valence electrons. The van der Waals surface area contributed by atoms with Crippen molar-refractivity contribution in [2.24, 2.45) is 5.92 Å². The third-order valence-electron chi connectivity index (χ3n) is 3.81. The van der Waals surface area contributed by atoms with Crippen LogP contribution in [0.2, 0.25) is 5.02 Å². The Balaban J connectivity index is 1.66. The first-order valence-electron chi connectivity index (χ1n) is 7.06. The SMILES string of the molecule is CC1CC[NH+](CCCOc2ccc(Br)cc2Cl)CC1. The number of benzene rings is 1. The minimum Gasteiger partial charge on any atom is -0.492 e. The fourth-order valence-electron chi connectivity index (χ4n) is 2.52. The van der Waals surface area contributed by atoms with E-state index in [1.165, 1.54) is 32.5 Å². The molecule has 1 saturated heterocycles. The van der Waals surface area contributed by atoms with E-state index in [4.69, 9.17) is 16.3 Å². The topological polar surface area (TPSA) is 13.7 Å².